The highest BCUT2D eigenvalue weighted by Gasteiger charge is 2.13. The van der Waals surface area contributed by atoms with E-state index < -0.39 is 11.8 Å². The first-order chi connectivity index (χ1) is 9.90. The maximum atomic E-state index is 11.7. The van der Waals surface area contributed by atoms with E-state index in [1.54, 1.807) is 24.3 Å². The zero-order valence-electron chi connectivity index (χ0n) is 12.6. The molecule has 0 aliphatic carbocycles. The summed E-state index contributed by atoms with van der Waals surface area (Å²) in [6.07, 6.45) is 0.777. The second-order valence-corrected chi connectivity index (χ2v) is 5.00. The number of amides is 2. The normalized spacial score (nSPS) is 10.3. The van der Waals surface area contributed by atoms with Crippen LogP contribution in [0.3, 0.4) is 0 Å². The molecule has 0 aliphatic rings. The van der Waals surface area contributed by atoms with Crippen molar-refractivity contribution in [1.29, 1.82) is 0 Å². The molecule has 0 aromatic heterocycles. The number of hydrogen-bond acceptors (Lipinski definition) is 4. The van der Waals surface area contributed by atoms with Gasteiger partial charge in [-0.25, -0.2) is 0 Å². The summed E-state index contributed by atoms with van der Waals surface area (Å²) < 4.78 is 0. The Labute approximate surface area is 124 Å². The number of nitrogens with zero attached hydrogens (tertiary/aromatic N) is 1. The fourth-order valence-corrected chi connectivity index (χ4v) is 1.65. The van der Waals surface area contributed by atoms with Crippen LogP contribution < -0.4 is 10.6 Å². The van der Waals surface area contributed by atoms with Gasteiger partial charge in [0.25, 0.3) is 0 Å². The number of hydrogen-bond donors (Lipinski definition) is 2. The summed E-state index contributed by atoms with van der Waals surface area (Å²) in [5, 5.41) is 5.04. The molecule has 0 atom stereocenters. The molecular formula is C15H21N3O3. The highest BCUT2D eigenvalue weighted by Crippen LogP contribution is 2.09. The second kappa shape index (κ2) is 8.16. The molecule has 6 nitrogen and oxygen atoms in total. The van der Waals surface area contributed by atoms with Gasteiger partial charge in [0.05, 0.1) is 0 Å². The largest absolute Gasteiger partial charge is 0.348 e. The van der Waals surface area contributed by atoms with E-state index in [4.69, 9.17) is 0 Å². The average molecular weight is 291 g/mol. The molecule has 0 saturated carbocycles. The molecule has 21 heavy (non-hydrogen) atoms. The van der Waals surface area contributed by atoms with E-state index in [0.717, 1.165) is 13.0 Å². The summed E-state index contributed by atoms with van der Waals surface area (Å²) in [5.74, 6) is -1.42. The zero-order chi connectivity index (χ0) is 15.8. The number of carbonyl (C=O) groups excluding carboxylic acids is 3. The number of rotatable bonds is 6. The number of benzene rings is 1. The summed E-state index contributed by atoms with van der Waals surface area (Å²) in [4.78, 5) is 36.4. The lowest BCUT2D eigenvalue weighted by atomic mass is 10.1. The van der Waals surface area contributed by atoms with E-state index in [1.807, 2.05) is 19.0 Å². The molecule has 0 heterocycles. The second-order valence-electron chi connectivity index (χ2n) is 5.00. The quantitative estimate of drug-likeness (QED) is 0.463. The average Bonchev–Trinajstić information content (AvgIpc) is 2.43. The molecule has 1 aromatic carbocycles. The van der Waals surface area contributed by atoms with Gasteiger partial charge in [0, 0.05) is 17.8 Å². The predicted molar refractivity (Wildman–Crippen MR) is 81.3 cm³/mol. The lowest BCUT2D eigenvalue weighted by molar-refractivity contribution is -0.136. The topological polar surface area (TPSA) is 78.5 Å². The molecule has 2 N–H and O–H groups in total. The van der Waals surface area contributed by atoms with Crippen LogP contribution in [0.25, 0.3) is 0 Å². The van der Waals surface area contributed by atoms with Gasteiger partial charge < -0.3 is 15.5 Å². The summed E-state index contributed by atoms with van der Waals surface area (Å²) in [6, 6.07) is 6.39. The Balaban J connectivity index is 2.41. The lowest BCUT2D eigenvalue weighted by Crippen LogP contribution is -2.36. The first kappa shape index (κ1) is 16.8. The zero-order valence-corrected chi connectivity index (χ0v) is 12.6. The smallest absolute Gasteiger partial charge is 0.313 e. The number of Topliss-reactive ketones (excluding diaryl/α,β-unsaturated/α-hetero) is 1. The van der Waals surface area contributed by atoms with Crippen LogP contribution >= 0.6 is 0 Å². The Morgan fingerprint density at radius 2 is 1.67 bits per heavy atom. The molecule has 0 spiro atoms. The molecule has 0 bridgehead atoms. The van der Waals surface area contributed by atoms with Crippen LogP contribution in [0.1, 0.15) is 23.7 Å². The number of anilines is 1. The highest BCUT2D eigenvalue weighted by atomic mass is 16.2. The first-order valence-electron chi connectivity index (χ1n) is 6.75. The van der Waals surface area contributed by atoms with Crippen molar-refractivity contribution >= 4 is 23.3 Å². The summed E-state index contributed by atoms with van der Waals surface area (Å²) in [7, 11) is 3.89. The minimum absolute atomic E-state index is 0.0495. The van der Waals surface area contributed by atoms with Crippen LogP contribution in [0.2, 0.25) is 0 Å². The Morgan fingerprint density at radius 1 is 1.05 bits per heavy atom. The molecule has 0 saturated heterocycles. The molecule has 0 fully saturated rings. The van der Waals surface area contributed by atoms with Gasteiger partial charge in [0.2, 0.25) is 0 Å². The molecule has 0 radical (unpaired) electrons. The van der Waals surface area contributed by atoms with Crippen LogP contribution in [0.15, 0.2) is 24.3 Å². The molecule has 1 rings (SSSR count). The molecular weight excluding hydrogens is 270 g/mol. The molecule has 0 unspecified atom stereocenters. The molecule has 6 heteroatoms. The third-order valence-electron chi connectivity index (χ3n) is 2.82. The summed E-state index contributed by atoms with van der Waals surface area (Å²) in [6.45, 7) is 2.76. The molecule has 0 aliphatic heterocycles. The van der Waals surface area contributed by atoms with Crippen molar-refractivity contribution < 1.29 is 14.4 Å². The molecule has 114 valence electrons. The van der Waals surface area contributed by atoms with E-state index in [1.165, 1.54) is 6.92 Å². The summed E-state index contributed by atoms with van der Waals surface area (Å²) >= 11 is 0. The summed E-state index contributed by atoms with van der Waals surface area (Å²) in [5.41, 5.74) is 1.04. The van der Waals surface area contributed by atoms with Crippen molar-refractivity contribution in [3.63, 3.8) is 0 Å². The van der Waals surface area contributed by atoms with Gasteiger partial charge in [-0.2, -0.15) is 0 Å². The first-order valence-corrected chi connectivity index (χ1v) is 6.75. The molecule has 2 amide bonds. The molecule has 1 aromatic rings. The maximum Gasteiger partial charge on any atom is 0.313 e. The maximum absolute atomic E-state index is 11.7. The van der Waals surface area contributed by atoms with E-state index in [2.05, 4.69) is 10.6 Å². The third kappa shape index (κ3) is 6.18. The minimum atomic E-state index is -0.713. The van der Waals surface area contributed by atoms with Gasteiger partial charge in [0.1, 0.15) is 0 Å². The Morgan fingerprint density at radius 3 is 2.19 bits per heavy atom. The monoisotopic (exact) mass is 291 g/mol. The Bertz CT molecular complexity index is 509. The van der Waals surface area contributed by atoms with Crippen molar-refractivity contribution in [1.82, 2.24) is 10.2 Å². The van der Waals surface area contributed by atoms with Crippen LogP contribution in [0.4, 0.5) is 5.69 Å². The van der Waals surface area contributed by atoms with Gasteiger partial charge in [-0.05, 0) is 58.3 Å². The van der Waals surface area contributed by atoms with Crippen molar-refractivity contribution in [2.45, 2.75) is 13.3 Å². The van der Waals surface area contributed by atoms with Crippen molar-refractivity contribution in [3.8, 4) is 0 Å². The Kier molecular flexibility index (Phi) is 6.55. The van der Waals surface area contributed by atoms with Crippen LogP contribution in [0, 0.1) is 0 Å². The predicted octanol–water partition coefficient (Wildman–Crippen LogP) is 0.896. The Hall–Kier alpha value is -2.21. The van der Waals surface area contributed by atoms with Gasteiger partial charge >= 0.3 is 11.8 Å². The van der Waals surface area contributed by atoms with E-state index in [0.29, 0.717) is 17.8 Å². The number of nitrogens with one attached hydrogen (secondary N) is 2. The van der Waals surface area contributed by atoms with Crippen LogP contribution in [-0.4, -0.2) is 49.7 Å². The van der Waals surface area contributed by atoms with E-state index in [-0.39, 0.29) is 5.78 Å². The highest BCUT2D eigenvalue weighted by molar-refractivity contribution is 6.39. The van der Waals surface area contributed by atoms with Crippen molar-refractivity contribution in [3.05, 3.63) is 29.8 Å². The van der Waals surface area contributed by atoms with E-state index in [9.17, 15) is 14.4 Å². The van der Waals surface area contributed by atoms with Crippen molar-refractivity contribution in [2.24, 2.45) is 0 Å². The van der Waals surface area contributed by atoms with Gasteiger partial charge in [-0.1, -0.05) is 0 Å². The SMILES string of the molecule is CC(=O)c1ccc(NC(=O)C(=O)NCCCN(C)C)cc1. The standard InChI is InChI=1S/C15H21N3O3/c1-11(19)12-5-7-13(8-6-12)17-15(21)14(20)16-9-4-10-18(2)3/h5-8H,4,9-10H2,1-3H3,(H,16,20)(H,17,21). The fraction of sp³-hybridized carbons (Fsp3) is 0.400. The van der Waals surface area contributed by atoms with Gasteiger partial charge in [0.15, 0.2) is 5.78 Å². The third-order valence-corrected chi connectivity index (χ3v) is 2.82. The van der Waals surface area contributed by atoms with Crippen LogP contribution in [0.5, 0.6) is 0 Å². The van der Waals surface area contributed by atoms with Crippen molar-refractivity contribution in [2.75, 3.05) is 32.5 Å². The van der Waals surface area contributed by atoms with Gasteiger partial charge in [-0.15, -0.1) is 0 Å². The number of carbonyl (C=O) groups is 3. The van der Waals surface area contributed by atoms with E-state index >= 15 is 0 Å². The lowest BCUT2D eigenvalue weighted by Gasteiger charge is -2.10. The minimum Gasteiger partial charge on any atom is -0.348 e. The van der Waals surface area contributed by atoms with Crippen LogP contribution in [-0.2, 0) is 9.59 Å². The van der Waals surface area contributed by atoms with Gasteiger partial charge in [-0.3, -0.25) is 14.4 Å². The number of ketones is 1. The fourth-order valence-electron chi connectivity index (χ4n) is 1.65.